The number of anilines is 1. The minimum Gasteiger partial charge on any atom is -0.508 e. The number of aromatic hydroxyl groups is 1. The zero-order valence-corrected chi connectivity index (χ0v) is 31.4. The van der Waals surface area contributed by atoms with Crippen LogP contribution in [-0.2, 0) is 14.3 Å². The number of hydrogen-bond acceptors (Lipinski definition) is 11. The van der Waals surface area contributed by atoms with Gasteiger partial charge in [-0.05, 0) is 61.7 Å². The van der Waals surface area contributed by atoms with E-state index in [1.54, 1.807) is 4.90 Å². The van der Waals surface area contributed by atoms with Gasteiger partial charge in [0, 0.05) is 56.5 Å². The first-order valence-corrected chi connectivity index (χ1v) is 19.1. The molecule has 6 heterocycles. The number of benzene rings is 2. The van der Waals surface area contributed by atoms with Gasteiger partial charge >= 0.3 is 18.1 Å². The molecule has 1 N–H and O–H groups in total. The summed E-state index contributed by atoms with van der Waals surface area (Å²) in [5.41, 5.74) is -0.912. The van der Waals surface area contributed by atoms with Crippen molar-refractivity contribution in [3.63, 3.8) is 0 Å². The van der Waals surface area contributed by atoms with Crippen LogP contribution >= 0.6 is 0 Å². The summed E-state index contributed by atoms with van der Waals surface area (Å²) in [7, 11) is 0. The number of fused-ring (bicyclic) bond motifs is 5. The molecule has 56 heavy (non-hydrogen) atoms. The lowest BCUT2D eigenvalue weighted by Gasteiger charge is -2.41. The maximum absolute atomic E-state index is 17.1. The number of amides is 1. The average molecular weight is 773 g/mol. The molecular formula is C41H43F3N6O6. The van der Waals surface area contributed by atoms with Gasteiger partial charge in [-0.1, -0.05) is 25.8 Å². The summed E-state index contributed by atoms with van der Waals surface area (Å²) in [5.74, 6) is 0.564. The summed E-state index contributed by atoms with van der Waals surface area (Å²) in [6, 6.07) is 4.61. The van der Waals surface area contributed by atoms with E-state index in [2.05, 4.69) is 20.8 Å². The Morgan fingerprint density at radius 2 is 1.86 bits per heavy atom. The number of ether oxygens (including phenoxy) is 3. The number of carbonyl (C=O) groups excluding carboxylic acids is 2. The topological polar surface area (TPSA) is 130 Å². The molecule has 4 saturated heterocycles. The highest BCUT2D eigenvalue weighted by atomic mass is 19.1. The smallest absolute Gasteiger partial charge is 0.413 e. The summed E-state index contributed by atoms with van der Waals surface area (Å²) >= 11 is 0. The SMILES string of the molecule is C#Cc1c(F)ccc2cc(O)cc(-c3ncc4c(N5CC6CCC(C5)N6C(=O)OC(C)OC(=O)CC(C)C)nc(OC[C@@]56CCCN5C[C@H](F)C6)nc4c3F)c12. The molecule has 12 nitrogen and oxygen atoms in total. The van der Waals surface area contributed by atoms with Crippen LogP contribution in [0.4, 0.5) is 23.8 Å². The molecule has 0 spiro atoms. The highest BCUT2D eigenvalue weighted by Gasteiger charge is 2.50. The van der Waals surface area contributed by atoms with Crippen molar-refractivity contribution in [3.05, 3.63) is 47.7 Å². The van der Waals surface area contributed by atoms with Gasteiger partial charge in [0.2, 0.25) is 6.29 Å². The fourth-order valence-corrected chi connectivity index (χ4v) is 9.08. The first-order chi connectivity index (χ1) is 26.8. The Hall–Kier alpha value is -5.36. The van der Waals surface area contributed by atoms with Crippen LogP contribution in [0.5, 0.6) is 11.8 Å². The standard InChI is InChI=1S/C41H43F3N6O6/c1-5-29-32(43)10-7-24-14-28(51)15-30(34(24)29)36-35(44)37-31(17-45-36)38(47-39(46-37)54-21-41-11-6-12-49(41)18-25(42)16-41)48-19-26-8-9-27(20-48)50(26)40(53)56-23(4)55-33(52)13-22(2)3/h1,7,10,14-15,17,22-23,25-27,51H,6,8-9,11-13,16,18-21H2,2-4H3/t23?,25-,26?,27?,41+/m1/s1. The van der Waals surface area contributed by atoms with Gasteiger partial charge in [-0.15, -0.1) is 6.42 Å². The molecule has 5 atom stereocenters. The normalized spacial score (nSPS) is 23.8. The number of esters is 1. The fourth-order valence-electron chi connectivity index (χ4n) is 9.08. The van der Waals surface area contributed by atoms with Gasteiger partial charge in [0.05, 0.1) is 28.6 Å². The molecule has 0 radical (unpaired) electrons. The molecule has 4 aliphatic rings. The van der Waals surface area contributed by atoms with Gasteiger partial charge in [-0.2, -0.15) is 9.97 Å². The molecule has 1 amide bonds. The molecule has 8 rings (SSSR count). The number of nitrogens with zero attached hydrogens (tertiary/aromatic N) is 6. The number of phenols is 1. The van der Waals surface area contributed by atoms with Crippen LogP contribution in [-0.4, -0.2) is 105 Å². The number of hydrogen-bond donors (Lipinski definition) is 1. The van der Waals surface area contributed by atoms with Crippen molar-refractivity contribution in [2.75, 3.05) is 37.7 Å². The zero-order chi connectivity index (χ0) is 39.5. The summed E-state index contributed by atoms with van der Waals surface area (Å²) in [5, 5.41) is 11.5. The summed E-state index contributed by atoms with van der Waals surface area (Å²) < 4.78 is 63.8. The first-order valence-electron chi connectivity index (χ1n) is 19.1. The number of pyridine rings is 1. The van der Waals surface area contributed by atoms with Gasteiger partial charge in [0.1, 0.15) is 41.4 Å². The molecule has 2 aromatic carbocycles. The fraction of sp³-hybridized carbons (Fsp3) is 0.488. The monoisotopic (exact) mass is 772 g/mol. The highest BCUT2D eigenvalue weighted by Crippen LogP contribution is 2.42. The average Bonchev–Trinajstić information content (AvgIpc) is 3.76. The van der Waals surface area contributed by atoms with Crippen LogP contribution in [0.15, 0.2) is 30.5 Å². The lowest BCUT2D eigenvalue weighted by Crippen LogP contribution is -2.56. The van der Waals surface area contributed by atoms with Gasteiger partial charge in [-0.25, -0.2) is 18.0 Å². The number of phenolic OH excluding ortho intramolecular Hbond substituents is 1. The zero-order valence-electron chi connectivity index (χ0n) is 31.4. The Morgan fingerprint density at radius 1 is 1.09 bits per heavy atom. The van der Waals surface area contributed by atoms with E-state index in [1.165, 1.54) is 37.4 Å². The number of aromatic nitrogens is 3. The molecule has 4 fully saturated rings. The quantitative estimate of drug-likeness (QED) is 0.114. The number of terminal acetylenes is 1. The van der Waals surface area contributed by atoms with Gasteiger partial charge in [-0.3, -0.25) is 19.6 Å². The van der Waals surface area contributed by atoms with E-state index < -0.39 is 41.7 Å². The highest BCUT2D eigenvalue weighted by molar-refractivity contribution is 6.03. The van der Waals surface area contributed by atoms with Crippen molar-refractivity contribution in [1.82, 2.24) is 24.8 Å². The predicted octanol–water partition coefficient (Wildman–Crippen LogP) is 6.49. The van der Waals surface area contributed by atoms with Crippen molar-refractivity contribution in [2.24, 2.45) is 5.92 Å². The second-order valence-corrected chi connectivity index (χ2v) is 15.8. The summed E-state index contributed by atoms with van der Waals surface area (Å²) in [6.07, 6.45) is 7.97. The third-order valence-electron chi connectivity index (χ3n) is 11.5. The van der Waals surface area contributed by atoms with Crippen LogP contribution in [0.25, 0.3) is 32.9 Å². The van der Waals surface area contributed by atoms with Crippen LogP contribution in [0.2, 0.25) is 0 Å². The minimum absolute atomic E-state index is 0.0733. The summed E-state index contributed by atoms with van der Waals surface area (Å²) in [4.78, 5) is 45.1. The Kier molecular flexibility index (Phi) is 9.80. The van der Waals surface area contributed by atoms with Crippen LogP contribution in [0.3, 0.4) is 0 Å². The van der Waals surface area contributed by atoms with Gasteiger partial charge in [0.15, 0.2) is 5.82 Å². The van der Waals surface area contributed by atoms with E-state index in [-0.39, 0.29) is 75.9 Å². The van der Waals surface area contributed by atoms with E-state index in [9.17, 15) is 23.5 Å². The van der Waals surface area contributed by atoms with Crippen molar-refractivity contribution in [1.29, 1.82) is 0 Å². The third kappa shape index (κ3) is 6.78. The summed E-state index contributed by atoms with van der Waals surface area (Å²) in [6.45, 7) is 7.09. The minimum atomic E-state index is -1.07. The Balaban J connectivity index is 1.15. The van der Waals surface area contributed by atoms with E-state index in [0.717, 1.165) is 19.4 Å². The predicted molar refractivity (Wildman–Crippen MR) is 201 cm³/mol. The number of alkyl halides is 1. The van der Waals surface area contributed by atoms with E-state index in [1.807, 2.05) is 18.7 Å². The van der Waals surface area contributed by atoms with E-state index >= 15 is 4.39 Å². The molecule has 3 unspecified atom stereocenters. The molecule has 15 heteroatoms. The van der Waals surface area contributed by atoms with Gasteiger partial charge < -0.3 is 24.2 Å². The lowest BCUT2D eigenvalue weighted by molar-refractivity contribution is -0.167. The van der Waals surface area contributed by atoms with E-state index in [4.69, 9.17) is 25.6 Å². The van der Waals surface area contributed by atoms with Crippen molar-refractivity contribution >= 4 is 39.6 Å². The largest absolute Gasteiger partial charge is 0.508 e. The maximum Gasteiger partial charge on any atom is 0.413 e. The van der Waals surface area contributed by atoms with Crippen molar-refractivity contribution < 1.29 is 42.1 Å². The molecule has 4 aromatic rings. The Morgan fingerprint density at radius 3 is 2.59 bits per heavy atom. The number of piperazine rings is 1. The number of halogens is 3. The third-order valence-corrected chi connectivity index (χ3v) is 11.5. The van der Waals surface area contributed by atoms with Gasteiger partial charge in [0.25, 0.3) is 0 Å². The maximum atomic E-state index is 17.1. The van der Waals surface area contributed by atoms with Crippen molar-refractivity contribution in [3.8, 4) is 35.4 Å². The number of rotatable bonds is 9. The Bertz CT molecular complexity index is 2260. The second kappa shape index (κ2) is 14.6. The molecule has 294 valence electrons. The molecule has 0 saturated carbocycles. The molecule has 2 aromatic heterocycles. The van der Waals surface area contributed by atoms with Crippen LogP contribution in [0.1, 0.15) is 64.9 Å². The Labute approximate surface area is 321 Å². The van der Waals surface area contributed by atoms with Crippen molar-refractivity contribution in [2.45, 2.75) is 89.4 Å². The molecular weight excluding hydrogens is 729 g/mol. The first kappa shape index (κ1) is 37.6. The molecule has 2 bridgehead atoms. The molecule has 0 aliphatic carbocycles. The van der Waals surface area contributed by atoms with Crippen LogP contribution in [0, 0.1) is 29.9 Å². The van der Waals surface area contributed by atoms with E-state index in [0.29, 0.717) is 50.1 Å². The molecule has 4 aliphatic heterocycles. The lowest BCUT2D eigenvalue weighted by atomic mass is 9.95. The second-order valence-electron chi connectivity index (χ2n) is 15.8. The van der Waals surface area contributed by atoms with Crippen LogP contribution < -0.4 is 9.64 Å². The number of carbonyl (C=O) groups is 2.